The van der Waals surface area contributed by atoms with Crippen LogP contribution in [-0.2, 0) is 16.8 Å². The highest BCUT2D eigenvalue weighted by molar-refractivity contribution is 5.94. The second-order valence-corrected chi connectivity index (χ2v) is 8.24. The largest absolute Gasteiger partial charge is 0.484 e. The number of rotatable bonds is 8. The molecule has 0 atom stereocenters. The summed E-state index contributed by atoms with van der Waals surface area (Å²) < 4.78 is 10.6. The van der Waals surface area contributed by atoms with Gasteiger partial charge < -0.3 is 14.5 Å². The van der Waals surface area contributed by atoms with Gasteiger partial charge in [0.2, 0.25) is 0 Å². The fourth-order valence-electron chi connectivity index (χ4n) is 2.80. The number of furan rings is 1. The van der Waals surface area contributed by atoms with Gasteiger partial charge >= 0.3 is 0 Å². The third-order valence-electron chi connectivity index (χ3n) is 4.68. The third-order valence-corrected chi connectivity index (χ3v) is 4.68. The fraction of sp³-hybridized carbons (Fsp3) is 0.240. The molecule has 32 heavy (non-hydrogen) atoms. The van der Waals surface area contributed by atoms with E-state index in [9.17, 15) is 9.59 Å². The van der Waals surface area contributed by atoms with Crippen molar-refractivity contribution in [2.75, 3.05) is 6.61 Å². The maximum atomic E-state index is 12.2. The lowest BCUT2D eigenvalue weighted by atomic mass is 9.87. The first-order valence-electron chi connectivity index (χ1n) is 10.3. The molecule has 3 rings (SSSR count). The van der Waals surface area contributed by atoms with E-state index in [4.69, 9.17) is 9.15 Å². The molecule has 2 aromatic carbocycles. The fourth-order valence-corrected chi connectivity index (χ4v) is 2.80. The zero-order chi connectivity index (χ0) is 23.0. The van der Waals surface area contributed by atoms with Crippen LogP contribution < -0.4 is 15.5 Å². The zero-order valence-electron chi connectivity index (χ0n) is 18.4. The lowest BCUT2D eigenvalue weighted by Gasteiger charge is -2.18. The summed E-state index contributed by atoms with van der Waals surface area (Å²) in [5, 5.41) is 6.71. The average Bonchev–Trinajstić information content (AvgIpc) is 3.30. The van der Waals surface area contributed by atoms with E-state index in [0.29, 0.717) is 23.6 Å². The topological polar surface area (TPSA) is 92.9 Å². The molecule has 0 aliphatic rings. The first-order valence-corrected chi connectivity index (χ1v) is 10.3. The lowest BCUT2D eigenvalue weighted by Crippen LogP contribution is -2.28. The molecule has 0 aliphatic carbocycles. The van der Waals surface area contributed by atoms with Crippen molar-refractivity contribution in [1.29, 1.82) is 0 Å². The highest BCUT2D eigenvalue weighted by Gasteiger charge is 2.14. The smallest absolute Gasteiger partial charge is 0.271 e. The van der Waals surface area contributed by atoms with Gasteiger partial charge in [-0.15, -0.1) is 0 Å². The molecule has 0 saturated carbocycles. The van der Waals surface area contributed by atoms with Gasteiger partial charge in [-0.1, -0.05) is 32.9 Å². The molecule has 7 nitrogen and oxygen atoms in total. The SMILES string of the molecule is CC(C)(C)c1ccc(C(=O)N/N=C\c2ccc(OCC(=O)NCc3ccco3)cc2)cc1. The number of hydrogen-bond acceptors (Lipinski definition) is 5. The molecule has 0 aliphatic heterocycles. The van der Waals surface area contributed by atoms with E-state index < -0.39 is 0 Å². The molecule has 2 N–H and O–H groups in total. The van der Waals surface area contributed by atoms with Gasteiger partial charge in [0.25, 0.3) is 11.8 Å². The minimum atomic E-state index is -0.276. The number of nitrogens with one attached hydrogen (secondary N) is 2. The molecule has 0 radical (unpaired) electrons. The Hall–Kier alpha value is -3.87. The van der Waals surface area contributed by atoms with Crippen LogP contribution in [0, 0.1) is 0 Å². The molecule has 0 bridgehead atoms. The van der Waals surface area contributed by atoms with Gasteiger partial charge in [-0.2, -0.15) is 5.10 Å². The zero-order valence-corrected chi connectivity index (χ0v) is 18.4. The van der Waals surface area contributed by atoms with Crippen LogP contribution in [0.2, 0.25) is 0 Å². The van der Waals surface area contributed by atoms with Crippen LogP contribution in [0.25, 0.3) is 0 Å². The Morgan fingerprint density at radius 1 is 1.03 bits per heavy atom. The minimum Gasteiger partial charge on any atom is -0.484 e. The van der Waals surface area contributed by atoms with Crippen LogP contribution in [-0.4, -0.2) is 24.6 Å². The summed E-state index contributed by atoms with van der Waals surface area (Å²) in [7, 11) is 0. The molecule has 7 heteroatoms. The Balaban J connectivity index is 1.43. The van der Waals surface area contributed by atoms with Crippen LogP contribution in [0.5, 0.6) is 5.75 Å². The van der Waals surface area contributed by atoms with Crippen molar-refractivity contribution in [2.45, 2.75) is 32.7 Å². The Morgan fingerprint density at radius 3 is 2.38 bits per heavy atom. The summed E-state index contributed by atoms with van der Waals surface area (Å²) in [6.45, 7) is 6.59. The maximum absolute atomic E-state index is 12.2. The number of hydrogen-bond donors (Lipinski definition) is 2. The summed E-state index contributed by atoms with van der Waals surface area (Å²) in [5.41, 5.74) is 5.05. The van der Waals surface area contributed by atoms with E-state index in [2.05, 4.69) is 36.6 Å². The molecule has 2 amide bonds. The highest BCUT2D eigenvalue weighted by atomic mass is 16.5. The van der Waals surface area contributed by atoms with Gasteiger partial charge in [-0.05, 0) is 65.1 Å². The second kappa shape index (κ2) is 10.4. The summed E-state index contributed by atoms with van der Waals surface area (Å²) >= 11 is 0. The highest BCUT2D eigenvalue weighted by Crippen LogP contribution is 2.22. The number of ether oxygens (including phenoxy) is 1. The molecular weight excluding hydrogens is 406 g/mol. The summed E-state index contributed by atoms with van der Waals surface area (Å²) in [5.74, 6) is 0.710. The predicted molar refractivity (Wildman–Crippen MR) is 123 cm³/mol. The molecular formula is C25H27N3O4. The van der Waals surface area contributed by atoms with E-state index in [1.165, 1.54) is 0 Å². The molecule has 1 heterocycles. The molecule has 166 valence electrons. The Bertz CT molecular complexity index is 1050. The van der Waals surface area contributed by atoms with Crippen LogP contribution in [0.4, 0.5) is 0 Å². The van der Waals surface area contributed by atoms with E-state index in [1.807, 2.05) is 12.1 Å². The van der Waals surface area contributed by atoms with Gasteiger partial charge in [-0.3, -0.25) is 9.59 Å². The summed E-state index contributed by atoms with van der Waals surface area (Å²) in [6.07, 6.45) is 3.10. The third kappa shape index (κ3) is 6.84. The standard InChI is InChI=1S/C25H27N3O4/c1-25(2,3)20-10-8-19(9-11-20)24(30)28-27-15-18-6-12-21(13-7-18)32-17-23(29)26-16-22-5-4-14-31-22/h4-15H,16-17H2,1-3H3,(H,26,29)(H,28,30)/b27-15-. The molecule has 1 aromatic heterocycles. The Morgan fingerprint density at radius 2 is 1.75 bits per heavy atom. The van der Waals surface area contributed by atoms with Crippen molar-refractivity contribution < 1.29 is 18.7 Å². The van der Waals surface area contributed by atoms with Crippen molar-refractivity contribution >= 4 is 18.0 Å². The van der Waals surface area contributed by atoms with Crippen molar-refractivity contribution in [1.82, 2.24) is 10.7 Å². The van der Waals surface area contributed by atoms with Gasteiger partial charge in [0, 0.05) is 5.56 Å². The summed E-state index contributed by atoms with van der Waals surface area (Å²) in [6, 6.07) is 18.1. The Labute approximate surface area is 187 Å². The first kappa shape index (κ1) is 22.8. The van der Waals surface area contributed by atoms with E-state index >= 15 is 0 Å². The monoisotopic (exact) mass is 433 g/mol. The number of nitrogens with zero attached hydrogens (tertiary/aromatic N) is 1. The Kier molecular flexibility index (Phi) is 7.44. The van der Waals surface area contributed by atoms with E-state index in [0.717, 1.165) is 11.1 Å². The summed E-state index contributed by atoms with van der Waals surface area (Å²) in [4.78, 5) is 24.1. The number of carbonyl (C=O) groups is 2. The van der Waals surface area contributed by atoms with Crippen molar-refractivity contribution in [2.24, 2.45) is 5.10 Å². The van der Waals surface area contributed by atoms with Crippen molar-refractivity contribution in [3.05, 3.63) is 89.4 Å². The normalized spacial score (nSPS) is 11.3. The number of amides is 2. The van der Waals surface area contributed by atoms with Crippen LogP contribution in [0.15, 0.2) is 76.4 Å². The quantitative estimate of drug-likeness (QED) is 0.414. The number of hydrazone groups is 1. The van der Waals surface area contributed by atoms with E-state index in [1.54, 1.807) is 61.0 Å². The molecule has 3 aromatic rings. The van der Waals surface area contributed by atoms with Crippen LogP contribution in [0.1, 0.15) is 48.0 Å². The van der Waals surface area contributed by atoms with Crippen molar-refractivity contribution in [3.63, 3.8) is 0 Å². The van der Waals surface area contributed by atoms with Gasteiger partial charge in [-0.25, -0.2) is 5.43 Å². The average molecular weight is 434 g/mol. The minimum absolute atomic E-state index is 0.0345. The second-order valence-electron chi connectivity index (χ2n) is 8.24. The van der Waals surface area contributed by atoms with Gasteiger partial charge in [0.15, 0.2) is 6.61 Å². The van der Waals surface area contributed by atoms with Gasteiger partial charge in [0.05, 0.1) is 19.0 Å². The lowest BCUT2D eigenvalue weighted by molar-refractivity contribution is -0.123. The van der Waals surface area contributed by atoms with Crippen LogP contribution >= 0.6 is 0 Å². The molecule has 0 unspecified atom stereocenters. The van der Waals surface area contributed by atoms with Crippen LogP contribution in [0.3, 0.4) is 0 Å². The maximum Gasteiger partial charge on any atom is 0.271 e. The van der Waals surface area contributed by atoms with E-state index in [-0.39, 0.29) is 23.8 Å². The molecule has 0 saturated heterocycles. The molecule has 0 spiro atoms. The number of benzene rings is 2. The number of carbonyl (C=O) groups excluding carboxylic acids is 2. The molecule has 0 fully saturated rings. The predicted octanol–water partition coefficient (Wildman–Crippen LogP) is 4.04. The first-order chi connectivity index (χ1) is 15.3. The van der Waals surface area contributed by atoms with Gasteiger partial charge in [0.1, 0.15) is 11.5 Å². The van der Waals surface area contributed by atoms with Crippen molar-refractivity contribution in [3.8, 4) is 5.75 Å².